The molecular weight excluding hydrogens is 408 g/mol. The fraction of sp³-hybridized carbons (Fsp3) is 0.167. The summed E-state index contributed by atoms with van der Waals surface area (Å²) in [5, 5.41) is 0. The number of nitrogens with one attached hydrogen (secondary N) is 1. The third-order valence-electron chi connectivity index (χ3n) is 4.95. The number of hydrogen-bond acceptors (Lipinski definition) is 4. The summed E-state index contributed by atoms with van der Waals surface area (Å²) in [6.07, 6.45) is 1.65. The number of rotatable bonds is 6. The van der Waals surface area contributed by atoms with E-state index in [0.717, 1.165) is 16.6 Å². The summed E-state index contributed by atoms with van der Waals surface area (Å²) in [6.45, 7) is 6.08. The lowest BCUT2D eigenvalue weighted by molar-refractivity contribution is 0.601. The van der Waals surface area contributed by atoms with Gasteiger partial charge in [-0.05, 0) is 51.1 Å². The lowest BCUT2D eigenvalue weighted by Crippen LogP contribution is -2.14. The van der Waals surface area contributed by atoms with Crippen LogP contribution in [-0.4, -0.2) is 24.2 Å². The molecule has 0 saturated heterocycles. The van der Waals surface area contributed by atoms with Gasteiger partial charge in [0.1, 0.15) is 0 Å². The van der Waals surface area contributed by atoms with Crippen molar-refractivity contribution >= 4 is 38.9 Å². The number of benzene rings is 3. The second-order valence-corrected chi connectivity index (χ2v) is 9.31. The molecule has 0 saturated carbocycles. The number of sulfonamides is 1. The minimum absolute atomic E-state index is 0.176. The maximum Gasteiger partial charge on any atom is 0.261 e. The average molecular weight is 433 g/mol. The molecule has 158 valence electrons. The van der Waals surface area contributed by atoms with Crippen LogP contribution >= 0.6 is 0 Å². The Morgan fingerprint density at radius 3 is 2.39 bits per heavy atom. The van der Waals surface area contributed by atoms with Crippen molar-refractivity contribution < 1.29 is 8.42 Å². The molecule has 0 aliphatic rings. The van der Waals surface area contributed by atoms with Crippen molar-refractivity contribution in [1.82, 2.24) is 9.55 Å². The van der Waals surface area contributed by atoms with Crippen molar-refractivity contribution in [3.05, 3.63) is 83.9 Å². The van der Waals surface area contributed by atoms with E-state index in [0.29, 0.717) is 17.2 Å². The molecule has 0 fully saturated rings. The molecule has 1 aromatic heterocycles. The second-order valence-electron chi connectivity index (χ2n) is 7.63. The van der Waals surface area contributed by atoms with E-state index >= 15 is 0 Å². The zero-order valence-electron chi connectivity index (χ0n) is 17.6. The molecule has 4 aromatic rings. The smallest absolute Gasteiger partial charge is 0.261 e. The maximum absolute atomic E-state index is 12.8. The van der Waals surface area contributed by atoms with Crippen LogP contribution in [0.4, 0.5) is 11.6 Å². The Morgan fingerprint density at radius 1 is 0.968 bits per heavy atom. The number of aliphatic imine (C=N–C) groups is 1. The van der Waals surface area contributed by atoms with Crippen LogP contribution in [0, 0.1) is 6.92 Å². The molecule has 0 aliphatic heterocycles. The van der Waals surface area contributed by atoms with E-state index in [1.807, 2.05) is 43.3 Å². The summed E-state index contributed by atoms with van der Waals surface area (Å²) < 4.78 is 30.4. The predicted octanol–water partition coefficient (Wildman–Crippen LogP) is 5.48. The van der Waals surface area contributed by atoms with Crippen LogP contribution in [0.5, 0.6) is 0 Å². The number of aryl methyl sites for hydroxylation is 1. The van der Waals surface area contributed by atoms with Crippen LogP contribution < -0.4 is 4.72 Å². The standard InChI is InChI=1S/C24H24N4O2S/c1-17(2)28-23-11-7-6-10-22(23)26-24(28)25-16-19-8-4-5-9-21(19)27-31(29,30)20-14-12-18(3)13-15-20/h4-17,27H,1-3H3. The Kier molecular flexibility index (Phi) is 5.61. The van der Waals surface area contributed by atoms with E-state index < -0.39 is 10.0 Å². The zero-order chi connectivity index (χ0) is 22.0. The molecule has 0 radical (unpaired) electrons. The largest absolute Gasteiger partial charge is 0.306 e. The number of anilines is 1. The molecule has 0 aliphatic carbocycles. The first-order valence-corrected chi connectivity index (χ1v) is 11.5. The van der Waals surface area contributed by atoms with Crippen molar-refractivity contribution in [3.63, 3.8) is 0 Å². The SMILES string of the molecule is Cc1ccc(S(=O)(=O)Nc2ccccc2C=Nc2nc3ccccc3n2C(C)C)cc1. The van der Waals surface area contributed by atoms with Gasteiger partial charge in [-0.1, -0.05) is 48.0 Å². The molecule has 6 nitrogen and oxygen atoms in total. The first-order valence-electron chi connectivity index (χ1n) is 10.0. The second kappa shape index (κ2) is 8.35. The number of hydrogen-bond donors (Lipinski definition) is 1. The highest BCUT2D eigenvalue weighted by Crippen LogP contribution is 2.26. The quantitative estimate of drug-likeness (QED) is 0.410. The Labute approximate surface area is 182 Å². The van der Waals surface area contributed by atoms with E-state index in [1.54, 1.807) is 42.6 Å². The predicted molar refractivity (Wildman–Crippen MR) is 126 cm³/mol. The number of para-hydroxylation sites is 3. The van der Waals surface area contributed by atoms with E-state index in [4.69, 9.17) is 0 Å². The van der Waals surface area contributed by atoms with Crippen molar-refractivity contribution in [2.45, 2.75) is 31.7 Å². The van der Waals surface area contributed by atoms with Gasteiger partial charge in [-0.3, -0.25) is 4.72 Å². The fourth-order valence-electron chi connectivity index (χ4n) is 3.38. The summed E-state index contributed by atoms with van der Waals surface area (Å²) in [4.78, 5) is 9.45. The molecule has 4 rings (SSSR count). The third-order valence-corrected chi connectivity index (χ3v) is 6.33. The van der Waals surface area contributed by atoms with Gasteiger partial charge in [-0.15, -0.1) is 0 Å². The van der Waals surface area contributed by atoms with Crippen LogP contribution in [0.25, 0.3) is 11.0 Å². The minimum Gasteiger partial charge on any atom is -0.306 e. The summed E-state index contributed by atoms with van der Waals surface area (Å²) in [5.74, 6) is 0.576. The summed E-state index contributed by atoms with van der Waals surface area (Å²) in [7, 11) is -3.71. The molecule has 0 atom stereocenters. The lowest BCUT2D eigenvalue weighted by atomic mass is 10.2. The van der Waals surface area contributed by atoms with Gasteiger partial charge in [-0.25, -0.2) is 18.4 Å². The Hall–Kier alpha value is -3.45. The van der Waals surface area contributed by atoms with Gasteiger partial charge in [0.15, 0.2) is 0 Å². The fourth-order valence-corrected chi connectivity index (χ4v) is 4.47. The van der Waals surface area contributed by atoms with E-state index in [-0.39, 0.29) is 10.9 Å². The molecule has 7 heteroatoms. The number of fused-ring (bicyclic) bond motifs is 1. The molecule has 1 heterocycles. The molecule has 0 bridgehead atoms. The summed E-state index contributed by atoms with van der Waals surface area (Å²) in [5.41, 5.74) is 3.99. The molecule has 0 amide bonds. The van der Waals surface area contributed by atoms with Gasteiger partial charge in [0, 0.05) is 17.8 Å². The third kappa shape index (κ3) is 4.36. The van der Waals surface area contributed by atoms with Gasteiger partial charge in [0.25, 0.3) is 10.0 Å². The maximum atomic E-state index is 12.8. The van der Waals surface area contributed by atoms with Gasteiger partial charge in [0.2, 0.25) is 5.95 Å². The lowest BCUT2D eigenvalue weighted by Gasteiger charge is -2.11. The van der Waals surface area contributed by atoms with Gasteiger partial charge in [-0.2, -0.15) is 0 Å². The van der Waals surface area contributed by atoms with Crippen molar-refractivity contribution in [1.29, 1.82) is 0 Å². The van der Waals surface area contributed by atoms with Gasteiger partial charge in [0.05, 0.1) is 21.6 Å². The first-order chi connectivity index (χ1) is 14.8. The van der Waals surface area contributed by atoms with Crippen LogP contribution in [0.15, 0.2) is 82.7 Å². The zero-order valence-corrected chi connectivity index (χ0v) is 18.5. The van der Waals surface area contributed by atoms with E-state index in [1.165, 1.54) is 0 Å². The molecular formula is C24H24N4O2S. The summed E-state index contributed by atoms with van der Waals surface area (Å²) >= 11 is 0. The highest BCUT2D eigenvalue weighted by molar-refractivity contribution is 7.92. The Morgan fingerprint density at radius 2 is 1.65 bits per heavy atom. The molecule has 0 spiro atoms. The van der Waals surface area contributed by atoms with Crippen LogP contribution in [0.2, 0.25) is 0 Å². The topological polar surface area (TPSA) is 76.3 Å². The Balaban J connectivity index is 1.69. The van der Waals surface area contributed by atoms with Crippen molar-refractivity contribution in [3.8, 4) is 0 Å². The average Bonchev–Trinajstić information content (AvgIpc) is 3.12. The molecule has 0 unspecified atom stereocenters. The number of nitrogens with zero attached hydrogens (tertiary/aromatic N) is 3. The highest BCUT2D eigenvalue weighted by Gasteiger charge is 2.16. The minimum atomic E-state index is -3.71. The van der Waals surface area contributed by atoms with Crippen LogP contribution in [0.3, 0.4) is 0 Å². The van der Waals surface area contributed by atoms with E-state index in [9.17, 15) is 8.42 Å². The summed E-state index contributed by atoms with van der Waals surface area (Å²) in [6, 6.07) is 22.0. The highest BCUT2D eigenvalue weighted by atomic mass is 32.2. The van der Waals surface area contributed by atoms with Crippen LogP contribution in [0.1, 0.15) is 31.0 Å². The van der Waals surface area contributed by atoms with Crippen LogP contribution in [-0.2, 0) is 10.0 Å². The van der Waals surface area contributed by atoms with E-state index in [2.05, 4.69) is 33.1 Å². The van der Waals surface area contributed by atoms with Gasteiger partial charge < -0.3 is 4.57 Å². The van der Waals surface area contributed by atoms with Crippen molar-refractivity contribution in [2.24, 2.45) is 4.99 Å². The monoisotopic (exact) mass is 432 g/mol. The normalized spacial score (nSPS) is 12.1. The number of aromatic nitrogens is 2. The van der Waals surface area contributed by atoms with Gasteiger partial charge >= 0.3 is 0 Å². The Bertz CT molecular complexity index is 1350. The molecule has 31 heavy (non-hydrogen) atoms. The molecule has 1 N–H and O–H groups in total. The van der Waals surface area contributed by atoms with Crippen molar-refractivity contribution in [2.75, 3.05) is 4.72 Å². The first kappa shape index (κ1) is 20.8. The molecule has 3 aromatic carbocycles. The number of imidazole rings is 1.